The van der Waals surface area contributed by atoms with Gasteiger partial charge in [0.1, 0.15) is 0 Å². The van der Waals surface area contributed by atoms with Crippen LogP contribution in [0.25, 0.3) is 10.8 Å². The number of rotatable bonds is 3. The van der Waals surface area contributed by atoms with Crippen molar-refractivity contribution in [1.29, 1.82) is 0 Å². The van der Waals surface area contributed by atoms with Gasteiger partial charge in [-0.3, -0.25) is 14.5 Å². The number of amides is 1. The van der Waals surface area contributed by atoms with Gasteiger partial charge in [-0.05, 0) is 49.4 Å². The largest absolute Gasteiger partial charge is 0.336 e. The predicted molar refractivity (Wildman–Crippen MR) is 117 cm³/mol. The van der Waals surface area contributed by atoms with Crippen molar-refractivity contribution < 1.29 is 4.79 Å². The summed E-state index contributed by atoms with van der Waals surface area (Å²) in [6, 6.07) is 16.5. The number of H-pyrrole nitrogens is 1. The van der Waals surface area contributed by atoms with Gasteiger partial charge in [-0.2, -0.15) is 5.10 Å². The molecule has 1 aromatic heterocycles. The van der Waals surface area contributed by atoms with Gasteiger partial charge in [0.05, 0.1) is 5.39 Å². The highest BCUT2D eigenvalue weighted by Gasteiger charge is 2.33. The van der Waals surface area contributed by atoms with Crippen molar-refractivity contribution in [3.63, 3.8) is 0 Å². The number of hydrogen-bond donors (Lipinski definition) is 1. The van der Waals surface area contributed by atoms with Gasteiger partial charge in [-0.25, -0.2) is 5.10 Å². The topological polar surface area (TPSA) is 69.3 Å². The van der Waals surface area contributed by atoms with Gasteiger partial charge in [0, 0.05) is 31.1 Å². The third-order valence-corrected chi connectivity index (χ3v) is 6.74. The van der Waals surface area contributed by atoms with E-state index in [0.29, 0.717) is 22.5 Å². The zero-order chi connectivity index (χ0) is 20.7. The summed E-state index contributed by atoms with van der Waals surface area (Å²) in [5, 5.41) is 7.69. The lowest BCUT2D eigenvalue weighted by Crippen LogP contribution is -2.52. The van der Waals surface area contributed by atoms with E-state index in [2.05, 4.69) is 39.4 Å². The molecule has 6 heteroatoms. The van der Waals surface area contributed by atoms with Crippen molar-refractivity contribution in [2.75, 3.05) is 20.1 Å². The molecule has 154 valence electrons. The molecule has 3 aromatic rings. The van der Waals surface area contributed by atoms with Gasteiger partial charge in [-0.15, -0.1) is 0 Å². The summed E-state index contributed by atoms with van der Waals surface area (Å²) in [4.78, 5) is 29.7. The summed E-state index contributed by atoms with van der Waals surface area (Å²) >= 11 is 0. The van der Waals surface area contributed by atoms with Crippen LogP contribution in [0, 0.1) is 0 Å². The number of likely N-dealkylation sites (tertiary alicyclic amines) is 1. The van der Waals surface area contributed by atoms with Gasteiger partial charge in [-0.1, -0.05) is 42.5 Å². The molecule has 0 saturated carbocycles. The number of nitrogens with zero attached hydrogens (tertiary/aromatic N) is 3. The van der Waals surface area contributed by atoms with Crippen molar-refractivity contribution in [3.05, 3.63) is 75.7 Å². The van der Waals surface area contributed by atoms with Crippen molar-refractivity contribution >= 4 is 16.7 Å². The maximum atomic E-state index is 13.3. The number of aromatic nitrogens is 2. The molecule has 2 heterocycles. The van der Waals surface area contributed by atoms with Crippen LogP contribution in [-0.4, -0.2) is 58.1 Å². The van der Waals surface area contributed by atoms with Gasteiger partial charge in [0.2, 0.25) is 0 Å². The molecule has 30 heavy (non-hydrogen) atoms. The molecule has 1 aliphatic carbocycles. The van der Waals surface area contributed by atoms with Gasteiger partial charge in [0.15, 0.2) is 5.69 Å². The van der Waals surface area contributed by atoms with E-state index >= 15 is 0 Å². The predicted octanol–water partition coefficient (Wildman–Crippen LogP) is 2.63. The van der Waals surface area contributed by atoms with Gasteiger partial charge in [0.25, 0.3) is 11.5 Å². The van der Waals surface area contributed by atoms with Crippen LogP contribution < -0.4 is 5.56 Å². The highest BCUT2D eigenvalue weighted by molar-refractivity contribution is 6.04. The lowest BCUT2D eigenvalue weighted by atomic mass is 10.0. The minimum Gasteiger partial charge on any atom is -0.336 e. The summed E-state index contributed by atoms with van der Waals surface area (Å²) in [5.74, 6) is -0.135. The Morgan fingerprint density at radius 1 is 1.07 bits per heavy atom. The molecule has 1 N–H and O–H groups in total. The Labute approximate surface area is 175 Å². The number of nitrogens with one attached hydrogen (secondary N) is 1. The molecule has 1 saturated heterocycles. The summed E-state index contributed by atoms with van der Waals surface area (Å²) in [5.41, 5.74) is 2.96. The average molecular weight is 402 g/mol. The van der Waals surface area contributed by atoms with Crippen LogP contribution >= 0.6 is 0 Å². The maximum Gasteiger partial charge on any atom is 0.274 e. The standard InChI is InChI=1S/C24H26N4O2/c1-27(24(30)22-20-10-4-5-11-21(20)23(29)26-25-22)18-9-6-12-28(15-18)19-13-16-7-2-3-8-17(16)14-19/h2-5,7-8,10-11,18-19H,6,9,12-15H2,1H3,(H,26,29)/t18-/m0/s1. The highest BCUT2D eigenvalue weighted by atomic mass is 16.2. The number of piperidine rings is 1. The number of carbonyl (C=O) groups excluding carboxylic acids is 1. The van der Waals surface area contributed by atoms with Crippen molar-refractivity contribution in [2.24, 2.45) is 0 Å². The van der Waals surface area contributed by atoms with E-state index in [4.69, 9.17) is 0 Å². The van der Waals surface area contributed by atoms with E-state index in [9.17, 15) is 9.59 Å². The van der Waals surface area contributed by atoms with Crippen LogP contribution in [0.5, 0.6) is 0 Å². The van der Waals surface area contributed by atoms with E-state index in [-0.39, 0.29) is 17.5 Å². The first-order valence-electron chi connectivity index (χ1n) is 10.7. The second kappa shape index (κ2) is 7.69. The molecule has 0 bridgehead atoms. The van der Waals surface area contributed by atoms with E-state index in [0.717, 1.165) is 38.8 Å². The second-order valence-electron chi connectivity index (χ2n) is 8.48. The normalized spacial score (nSPS) is 19.7. The SMILES string of the molecule is CN(C(=O)c1n[nH]c(=O)c2ccccc12)[C@H]1CCCN(C2Cc3ccccc3C2)C1. The monoisotopic (exact) mass is 402 g/mol. The highest BCUT2D eigenvalue weighted by Crippen LogP contribution is 2.28. The van der Waals surface area contributed by atoms with Crippen LogP contribution in [0.3, 0.4) is 0 Å². The molecular weight excluding hydrogens is 376 g/mol. The van der Waals surface area contributed by atoms with Gasteiger partial charge < -0.3 is 4.90 Å². The quantitative estimate of drug-likeness (QED) is 0.731. The maximum absolute atomic E-state index is 13.3. The molecule has 6 nitrogen and oxygen atoms in total. The smallest absolute Gasteiger partial charge is 0.274 e. The third-order valence-electron chi connectivity index (χ3n) is 6.74. The Morgan fingerprint density at radius 2 is 1.73 bits per heavy atom. The summed E-state index contributed by atoms with van der Waals surface area (Å²) in [6.07, 6.45) is 4.24. The molecule has 2 aromatic carbocycles. The molecule has 1 amide bonds. The molecule has 1 fully saturated rings. The number of aromatic amines is 1. The molecule has 1 aliphatic heterocycles. The molecule has 2 aliphatic rings. The number of fused-ring (bicyclic) bond motifs is 2. The van der Waals surface area contributed by atoms with Crippen LogP contribution in [0.1, 0.15) is 34.5 Å². The Hall–Kier alpha value is -2.99. The minimum absolute atomic E-state index is 0.135. The first-order chi connectivity index (χ1) is 14.6. The Balaban J connectivity index is 1.34. The first-order valence-corrected chi connectivity index (χ1v) is 10.7. The van der Waals surface area contributed by atoms with E-state index in [1.165, 1.54) is 11.1 Å². The van der Waals surface area contributed by atoms with Crippen LogP contribution in [0.2, 0.25) is 0 Å². The summed E-state index contributed by atoms with van der Waals surface area (Å²) in [6.45, 7) is 1.96. The van der Waals surface area contributed by atoms with Crippen molar-refractivity contribution in [1.82, 2.24) is 20.0 Å². The fourth-order valence-electron chi connectivity index (χ4n) is 5.04. The van der Waals surface area contributed by atoms with Crippen molar-refractivity contribution in [2.45, 2.75) is 37.8 Å². The fraction of sp³-hybridized carbons (Fsp3) is 0.375. The number of benzene rings is 2. The van der Waals surface area contributed by atoms with Crippen LogP contribution in [-0.2, 0) is 12.8 Å². The first kappa shape index (κ1) is 19.0. The molecule has 0 unspecified atom stereocenters. The summed E-state index contributed by atoms with van der Waals surface area (Å²) < 4.78 is 0. The average Bonchev–Trinajstić information content (AvgIpc) is 3.23. The minimum atomic E-state index is -0.269. The second-order valence-corrected chi connectivity index (χ2v) is 8.48. The van der Waals surface area contributed by atoms with Gasteiger partial charge >= 0.3 is 0 Å². The van der Waals surface area contributed by atoms with Crippen LogP contribution in [0.4, 0.5) is 0 Å². The lowest BCUT2D eigenvalue weighted by molar-refractivity contribution is 0.0551. The lowest BCUT2D eigenvalue weighted by Gasteiger charge is -2.40. The molecule has 0 spiro atoms. The third kappa shape index (κ3) is 3.31. The zero-order valence-electron chi connectivity index (χ0n) is 17.2. The van der Waals surface area contributed by atoms with Crippen molar-refractivity contribution in [3.8, 4) is 0 Å². The Kier molecular flexibility index (Phi) is 4.87. The summed E-state index contributed by atoms with van der Waals surface area (Å²) in [7, 11) is 1.86. The molecule has 1 atom stereocenters. The number of carbonyl (C=O) groups is 1. The van der Waals surface area contributed by atoms with E-state index in [1.54, 1.807) is 18.2 Å². The number of likely N-dealkylation sites (N-methyl/N-ethyl adjacent to an activating group) is 1. The van der Waals surface area contributed by atoms with E-state index in [1.807, 2.05) is 18.0 Å². The zero-order valence-corrected chi connectivity index (χ0v) is 17.2. The fourth-order valence-corrected chi connectivity index (χ4v) is 5.04. The number of hydrogen-bond acceptors (Lipinski definition) is 4. The molecule has 5 rings (SSSR count). The molecule has 0 radical (unpaired) electrons. The van der Waals surface area contributed by atoms with Crippen LogP contribution in [0.15, 0.2) is 53.3 Å². The molecular formula is C24H26N4O2. The van der Waals surface area contributed by atoms with E-state index < -0.39 is 0 Å². The Morgan fingerprint density at radius 3 is 2.47 bits per heavy atom. The Bertz CT molecular complexity index is 1130.